The van der Waals surface area contributed by atoms with Crippen LogP contribution in [0.4, 0.5) is 5.69 Å². The number of aliphatic hydroxyl groups excluding tert-OH is 1. The molecule has 1 rings (SSSR count). The zero-order valence-corrected chi connectivity index (χ0v) is 8.38. The van der Waals surface area contributed by atoms with Crippen molar-refractivity contribution in [3.63, 3.8) is 0 Å². The van der Waals surface area contributed by atoms with Crippen LogP contribution in [-0.2, 0) is 6.42 Å². The number of nitrogens with zero attached hydrogens (tertiary/aromatic N) is 1. The summed E-state index contributed by atoms with van der Waals surface area (Å²) < 4.78 is 0. The van der Waals surface area contributed by atoms with Gasteiger partial charge in [0.15, 0.2) is 5.75 Å². The Bertz CT molecular complexity index is 362. The highest BCUT2D eigenvalue weighted by molar-refractivity contribution is 5.47. The SMILES string of the molecule is CC(O)CCc1ccc([N+](=O)[O-])c(O)c1. The lowest BCUT2D eigenvalue weighted by Gasteiger charge is -2.04. The van der Waals surface area contributed by atoms with E-state index < -0.39 is 11.0 Å². The van der Waals surface area contributed by atoms with Crippen molar-refractivity contribution in [1.82, 2.24) is 0 Å². The second-order valence-electron chi connectivity index (χ2n) is 3.47. The van der Waals surface area contributed by atoms with E-state index in [1.165, 1.54) is 12.1 Å². The van der Waals surface area contributed by atoms with E-state index in [0.717, 1.165) is 5.56 Å². The summed E-state index contributed by atoms with van der Waals surface area (Å²) >= 11 is 0. The zero-order chi connectivity index (χ0) is 11.4. The first-order valence-electron chi connectivity index (χ1n) is 4.65. The Balaban J connectivity index is 2.78. The van der Waals surface area contributed by atoms with E-state index in [2.05, 4.69) is 0 Å². The third kappa shape index (κ3) is 3.21. The van der Waals surface area contributed by atoms with Crippen LogP contribution < -0.4 is 0 Å². The maximum atomic E-state index is 10.4. The van der Waals surface area contributed by atoms with Gasteiger partial charge in [-0.05, 0) is 31.4 Å². The van der Waals surface area contributed by atoms with E-state index in [9.17, 15) is 15.2 Å². The Hall–Kier alpha value is -1.62. The van der Waals surface area contributed by atoms with Gasteiger partial charge in [0, 0.05) is 6.07 Å². The predicted molar refractivity (Wildman–Crippen MR) is 54.8 cm³/mol. The zero-order valence-electron chi connectivity index (χ0n) is 8.38. The van der Waals surface area contributed by atoms with Gasteiger partial charge in [-0.2, -0.15) is 0 Å². The van der Waals surface area contributed by atoms with Crippen molar-refractivity contribution in [3.05, 3.63) is 33.9 Å². The summed E-state index contributed by atoms with van der Waals surface area (Å²) in [6.45, 7) is 1.67. The van der Waals surface area contributed by atoms with E-state index in [4.69, 9.17) is 5.11 Å². The first-order valence-corrected chi connectivity index (χ1v) is 4.65. The van der Waals surface area contributed by atoms with Gasteiger partial charge in [-0.25, -0.2) is 0 Å². The molecule has 0 spiro atoms. The molecule has 2 N–H and O–H groups in total. The number of nitro benzene ring substituents is 1. The molecule has 0 saturated carbocycles. The molecule has 0 fully saturated rings. The molecule has 0 aliphatic carbocycles. The molecule has 0 aliphatic heterocycles. The van der Waals surface area contributed by atoms with Crippen molar-refractivity contribution in [1.29, 1.82) is 0 Å². The molecule has 0 aliphatic rings. The van der Waals surface area contributed by atoms with Gasteiger partial charge in [0.25, 0.3) is 0 Å². The van der Waals surface area contributed by atoms with Crippen molar-refractivity contribution >= 4 is 5.69 Å². The van der Waals surface area contributed by atoms with Crippen molar-refractivity contribution < 1.29 is 15.1 Å². The Labute approximate surface area is 87.1 Å². The minimum absolute atomic E-state index is 0.296. The first-order chi connectivity index (χ1) is 7.00. The molecule has 0 saturated heterocycles. The normalized spacial score (nSPS) is 12.4. The molecule has 1 unspecified atom stereocenters. The quantitative estimate of drug-likeness (QED) is 0.585. The van der Waals surface area contributed by atoms with Crippen LogP contribution in [-0.4, -0.2) is 21.2 Å². The van der Waals surface area contributed by atoms with Crippen LogP contribution in [0, 0.1) is 10.1 Å². The summed E-state index contributed by atoms with van der Waals surface area (Å²) in [6, 6.07) is 4.22. The van der Waals surface area contributed by atoms with Gasteiger partial charge in [-0.1, -0.05) is 6.07 Å². The number of phenols is 1. The van der Waals surface area contributed by atoms with E-state index in [1.54, 1.807) is 13.0 Å². The van der Waals surface area contributed by atoms with E-state index in [-0.39, 0.29) is 11.4 Å². The molecular weight excluding hydrogens is 198 g/mol. The van der Waals surface area contributed by atoms with Crippen LogP contribution in [0.15, 0.2) is 18.2 Å². The Morgan fingerprint density at radius 1 is 1.53 bits per heavy atom. The van der Waals surface area contributed by atoms with Gasteiger partial charge in [-0.15, -0.1) is 0 Å². The van der Waals surface area contributed by atoms with Crippen LogP contribution in [0.3, 0.4) is 0 Å². The number of nitro groups is 1. The first kappa shape index (κ1) is 11.5. The number of hydrogen-bond acceptors (Lipinski definition) is 4. The molecule has 1 atom stereocenters. The summed E-state index contributed by atoms with van der Waals surface area (Å²) in [5.41, 5.74) is 0.481. The third-order valence-corrected chi connectivity index (χ3v) is 2.09. The van der Waals surface area contributed by atoms with Gasteiger partial charge < -0.3 is 10.2 Å². The van der Waals surface area contributed by atoms with E-state index in [1.807, 2.05) is 0 Å². The number of phenolic OH excluding ortho intramolecular Hbond substituents is 1. The highest BCUT2D eigenvalue weighted by atomic mass is 16.6. The molecule has 15 heavy (non-hydrogen) atoms. The Morgan fingerprint density at radius 2 is 2.20 bits per heavy atom. The van der Waals surface area contributed by atoms with Crippen LogP contribution in [0.25, 0.3) is 0 Å². The molecule has 0 heterocycles. The van der Waals surface area contributed by atoms with E-state index in [0.29, 0.717) is 12.8 Å². The summed E-state index contributed by atoms with van der Waals surface area (Å²) in [7, 11) is 0. The lowest BCUT2D eigenvalue weighted by atomic mass is 10.1. The number of benzene rings is 1. The fourth-order valence-electron chi connectivity index (χ4n) is 1.25. The van der Waals surface area contributed by atoms with Crippen LogP contribution in [0.1, 0.15) is 18.9 Å². The van der Waals surface area contributed by atoms with Crippen LogP contribution in [0.2, 0.25) is 0 Å². The average Bonchev–Trinajstić information content (AvgIpc) is 2.14. The van der Waals surface area contributed by atoms with Gasteiger partial charge in [0.1, 0.15) is 0 Å². The van der Waals surface area contributed by atoms with Crippen LogP contribution in [0.5, 0.6) is 5.75 Å². The molecule has 0 aromatic heterocycles. The largest absolute Gasteiger partial charge is 0.502 e. The van der Waals surface area contributed by atoms with Gasteiger partial charge in [0.2, 0.25) is 0 Å². The number of rotatable bonds is 4. The standard InChI is InChI=1S/C10H13NO4/c1-7(12)2-3-8-4-5-9(11(14)15)10(13)6-8/h4-7,12-13H,2-3H2,1H3. The minimum atomic E-state index is -0.631. The number of hydrogen-bond donors (Lipinski definition) is 2. The third-order valence-electron chi connectivity index (χ3n) is 2.09. The van der Waals surface area contributed by atoms with Crippen molar-refractivity contribution in [2.75, 3.05) is 0 Å². The number of aliphatic hydroxyl groups is 1. The molecule has 82 valence electrons. The molecule has 1 aromatic rings. The molecule has 1 aromatic carbocycles. The lowest BCUT2D eigenvalue weighted by Crippen LogP contribution is -2.01. The highest BCUT2D eigenvalue weighted by Gasteiger charge is 2.12. The molecule has 0 radical (unpaired) electrons. The molecule has 0 amide bonds. The highest BCUT2D eigenvalue weighted by Crippen LogP contribution is 2.26. The van der Waals surface area contributed by atoms with Gasteiger partial charge in [-0.3, -0.25) is 10.1 Å². The van der Waals surface area contributed by atoms with Gasteiger partial charge in [0.05, 0.1) is 11.0 Å². The van der Waals surface area contributed by atoms with E-state index >= 15 is 0 Å². The fourth-order valence-corrected chi connectivity index (χ4v) is 1.25. The van der Waals surface area contributed by atoms with Crippen molar-refractivity contribution in [2.24, 2.45) is 0 Å². The maximum absolute atomic E-state index is 10.4. The smallest absolute Gasteiger partial charge is 0.310 e. The second kappa shape index (κ2) is 4.75. The minimum Gasteiger partial charge on any atom is -0.502 e. The molecule has 5 nitrogen and oxygen atoms in total. The second-order valence-corrected chi connectivity index (χ2v) is 3.47. The molecule has 0 bridgehead atoms. The Kier molecular flexibility index (Phi) is 3.62. The van der Waals surface area contributed by atoms with Crippen molar-refractivity contribution in [3.8, 4) is 5.75 Å². The fraction of sp³-hybridized carbons (Fsp3) is 0.400. The number of aromatic hydroxyl groups is 1. The maximum Gasteiger partial charge on any atom is 0.310 e. The molecule has 5 heteroatoms. The summed E-state index contributed by atoms with van der Waals surface area (Å²) in [4.78, 5) is 9.77. The molecular formula is C10H13NO4. The summed E-state index contributed by atoms with van der Waals surface area (Å²) in [5.74, 6) is -0.330. The lowest BCUT2D eigenvalue weighted by molar-refractivity contribution is -0.385. The summed E-state index contributed by atoms with van der Waals surface area (Å²) in [5, 5.41) is 28.8. The van der Waals surface area contributed by atoms with Gasteiger partial charge >= 0.3 is 5.69 Å². The van der Waals surface area contributed by atoms with Crippen LogP contribution >= 0.6 is 0 Å². The topological polar surface area (TPSA) is 83.6 Å². The Morgan fingerprint density at radius 3 is 2.67 bits per heavy atom. The monoisotopic (exact) mass is 211 g/mol. The summed E-state index contributed by atoms with van der Waals surface area (Å²) in [6.07, 6.45) is 0.739. The van der Waals surface area contributed by atoms with Crippen molar-refractivity contribution in [2.45, 2.75) is 25.9 Å². The number of aryl methyl sites for hydroxylation is 1. The predicted octanol–water partition coefficient (Wildman–Crippen LogP) is 1.61. The average molecular weight is 211 g/mol.